The molecular formula is C7H16N2O2. The maximum Gasteiger partial charge on any atom is 0.0701 e. The zero-order chi connectivity index (χ0) is 8.36. The Morgan fingerprint density at radius 2 is 1.73 bits per heavy atom. The van der Waals surface area contributed by atoms with Crippen LogP contribution in [0, 0.1) is 5.41 Å². The van der Waals surface area contributed by atoms with E-state index in [0.717, 1.165) is 0 Å². The molecule has 0 aromatic rings. The predicted octanol–water partition coefficient (Wildman–Crippen LogP) is 0.0180. The fourth-order valence-corrected chi connectivity index (χ4v) is 0.548. The predicted molar refractivity (Wildman–Crippen MR) is 44.1 cm³/mol. The minimum absolute atomic E-state index is 0.556. The molecule has 4 nitrogen and oxygen atoms in total. The Morgan fingerprint density at radius 3 is 2.27 bits per heavy atom. The Hall–Kier alpha value is -0.450. The maximum atomic E-state index is 6.70. The first kappa shape index (κ1) is 10.6. The third-order valence-corrected chi connectivity index (χ3v) is 1.04. The number of hydrogen-bond acceptors (Lipinski definition) is 4. The van der Waals surface area contributed by atoms with Crippen molar-refractivity contribution >= 4 is 6.21 Å². The Labute approximate surface area is 67.2 Å². The van der Waals surface area contributed by atoms with Gasteiger partial charge in [-0.3, -0.25) is 0 Å². The first-order chi connectivity index (χ1) is 5.41. The van der Waals surface area contributed by atoms with Crippen molar-refractivity contribution in [2.75, 3.05) is 33.0 Å². The molecule has 0 aliphatic carbocycles. The second kappa shape index (κ2) is 9.55. The lowest BCUT2D eigenvalue weighted by Crippen LogP contribution is -2.12. The second-order valence-electron chi connectivity index (χ2n) is 2.01. The highest BCUT2D eigenvalue weighted by atomic mass is 16.5. The summed E-state index contributed by atoms with van der Waals surface area (Å²) in [4.78, 5) is 0. The molecule has 0 unspecified atom stereocenters. The van der Waals surface area contributed by atoms with Crippen LogP contribution in [0.2, 0.25) is 0 Å². The molecule has 0 aliphatic rings. The van der Waals surface area contributed by atoms with Crippen LogP contribution in [0.5, 0.6) is 0 Å². The summed E-state index contributed by atoms with van der Waals surface area (Å²) >= 11 is 0. The molecule has 66 valence electrons. The van der Waals surface area contributed by atoms with Crippen LogP contribution in [0.3, 0.4) is 0 Å². The molecule has 4 heteroatoms. The minimum Gasteiger partial charge on any atom is -0.379 e. The summed E-state index contributed by atoms with van der Waals surface area (Å²) in [5.74, 6) is 0. The van der Waals surface area contributed by atoms with Crippen LogP contribution < -0.4 is 5.73 Å². The van der Waals surface area contributed by atoms with Crippen LogP contribution in [-0.2, 0) is 9.47 Å². The van der Waals surface area contributed by atoms with Gasteiger partial charge in [0.15, 0.2) is 0 Å². The van der Waals surface area contributed by atoms with E-state index in [2.05, 4.69) is 0 Å². The van der Waals surface area contributed by atoms with Crippen molar-refractivity contribution in [3.05, 3.63) is 0 Å². The van der Waals surface area contributed by atoms with Gasteiger partial charge in [-0.25, -0.2) is 0 Å². The summed E-state index contributed by atoms with van der Waals surface area (Å²) in [6.45, 7) is 2.94. The van der Waals surface area contributed by atoms with E-state index in [1.807, 2.05) is 0 Å². The molecule has 0 bridgehead atoms. The van der Waals surface area contributed by atoms with Gasteiger partial charge in [-0.2, -0.15) is 0 Å². The van der Waals surface area contributed by atoms with Crippen LogP contribution in [0.1, 0.15) is 6.42 Å². The summed E-state index contributed by atoms with van der Waals surface area (Å²) in [7, 11) is 0. The quantitative estimate of drug-likeness (QED) is 0.388. The monoisotopic (exact) mass is 160 g/mol. The highest BCUT2D eigenvalue weighted by Crippen LogP contribution is 1.79. The van der Waals surface area contributed by atoms with E-state index in [4.69, 9.17) is 20.6 Å². The van der Waals surface area contributed by atoms with E-state index in [1.165, 1.54) is 6.21 Å². The van der Waals surface area contributed by atoms with Gasteiger partial charge in [0.2, 0.25) is 0 Å². The van der Waals surface area contributed by atoms with Gasteiger partial charge in [0.05, 0.1) is 26.4 Å². The van der Waals surface area contributed by atoms with Gasteiger partial charge in [0, 0.05) is 13.0 Å². The van der Waals surface area contributed by atoms with Crippen molar-refractivity contribution in [3.8, 4) is 0 Å². The molecule has 11 heavy (non-hydrogen) atoms. The molecule has 0 aromatic heterocycles. The van der Waals surface area contributed by atoms with Crippen molar-refractivity contribution < 1.29 is 9.47 Å². The summed E-state index contributed by atoms with van der Waals surface area (Å²) in [5.41, 5.74) is 5.20. The topological polar surface area (TPSA) is 68.3 Å². The third-order valence-electron chi connectivity index (χ3n) is 1.04. The first-order valence-electron chi connectivity index (χ1n) is 3.76. The molecular weight excluding hydrogens is 144 g/mol. The lowest BCUT2D eigenvalue weighted by molar-refractivity contribution is 0.0537. The standard InChI is InChI=1S/C7H16N2O2/c8-2-1-4-10-6-7-11-5-3-9/h2,8H,1,3-7,9H2. The largest absolute Gasteiger partial charge is 0.379 e. The van der Waals surface area contributed by atoms with Crippen molar-refractivity contribution in [3.63, 3.8) is 0 Å². The number of rotatable bonds is 8. The minimum atomic E-state index is 0.556. The molecule has 0 atom stereocenters. The molecule has 0 heterocycles. The van der Waals surface area contributed by atoms with Crippen LogP contribution in [0.25, 0.3) is 0 Å². The van der Waals surface area contributed by atoms with E-state index < -0.39 is 0 Å². The first-order valence-corrected chi connectivity index (χ1v) is 3.76. The van der Waals surface area contributed by atoms with Gasteiger partial charge in [-0.15, -0.1) is 0 Å². The van der Waals surface area contributed by atoms with E-state index in [9.17, 15) is 0 Å². The van der Waals surface area contributed by atoms with Crippen LogP contribution in [0.4, 0.5) is 0 Å². The van der Waals surface area contributed by atoms with Gasteiger partial charge in [-0.1, -0.05) is 0 Å². The normalized spacial score (nSPS) is 9.91. The molecule has 0 aromatic carbocycles. The molecule has 0 rings (SSSR count). The molecule has 0 fully saturated rings. The van der Waals surface area contributed by atoms with E-state index in [-0.39, 0.29) is 0 Å². The zero-order valence-corrected chi connectivity index (χ0v) is 6.71. The highest BCUT2D eigenvalue weighted by Gasteiger charge is 1.86. The number of hydrogen-bond donors (Lipinski definition) is 2. The number of nitrogens with two attached hydrogens (primary N) is 1. The van der Waals surface area contributed by atoms with Crippen molar-refractivity contribution in [2.24, 2.45) is 5.73 Å². The Balaban J connectivity index is 2.74. The third kappa shape index (κ3) is 9.55. The molecule has 0 saturated heterocycles. The Bertz CT molecular complexity index is 88.5. The maximum absolute atomic E-state index is 6.70. The summed E-state index contributed by atoms with van der Waals surface area (Å²) < 4.78 is 10.2. The molecule has 0 aliphatic heterocycles. The molecule has 0 radical (unpaired) electrons. The van der Waals surface area contributed by atoms with E-state index in [1.54, 1.807) is 0 Å². The van der Waals surface area contributed by atoms with E-state index in [0.29, 0.717) is 39.4 Å². The summed E-state index contributed by atoms with van der Waals surface area (Å²) in [5, 5.41) is 6.70. The van der Waals surface area contributed by atoms with Crippen LogP contribution in [-0.4, -0.2) is 39.2 Å². The molecule has 0 amide bonds. The fraction of sp³-hybridized carbons (Fsp3) is 0.857. The van der Waals surface area contributed by atoms with Crippen molar-refractivity contribution in [2.45, 2.75) is 6.42 Å². The van der Waals surface area contributed by atoms with Gasteiger partial charge in [0.1, 0.15) is 0 Å². The highest BCUT2D eigenvalue weighted by molar-refractivity contribution is 5.52. The molecule has 0 spiro atoms. The van der Waals surface area contributed by atoms with Crippen molar-refractivity contribution in [1.29, 1.82) is 5.41 Å². The lowest BCUT2D eigenvalue weighted by atomic mass is 10.5. The summed E-state index contributed by atoms with van der Waals surface area (Å²) in [6, 6.07) is 0. The van der Waals surface area contributed by atoms with Gasteiger partial charge in [0.25, 0.3) is 0 Å². The average Bonchev–Trinajstić information content (AvgIpc) is 2.03. The van der Waals surface area contributed by atoms with Crippen LogP contribution in [0.15, 0.2) is 0 Å². The van der Waals surface area contributed by atoms with E-state index >= 15 is 0 Å². The number of nitrogens with one attached hydrogen (secondary N) is 1. The van der Waals surface area contributed by atoms with Gasteiger partial charge in [-0.05, 0) is 6.21 Å². The van der Waals surface area contributed by atoms with Crippen molar-refractivity contribution in [1.82, 2.24) is 0 Å². The van der Waals surface area contributed by atoms with Gasteiger partial charge < -0.3 is 20.6 Å². The lowest BCUT2D eigenvalue weighted by Gasteiger charge is -2.02. The zero-order valence-electron chi connectivity index (χ0n) is 6.71. The molecule has 0 saturated carbocycles. The SMILES string of the molecule is N=CCCOCCOCCN. The van der Waals surface area contributed by atoms with Gasteiger partial charge >= 0.3 is 0 Å². The Morgan fingerprint density at radius 1 is 1.09 bits per heavy atom. The second-order valence-corrected chi connectivity index (χ2v) is 2.01. The summed E-state index contributed by atoms with van der Waals surface area (Å²) in [6.07, 6.45) is 2.01. The average molecular weight is 160 g/mol. The Kier molecular flexibility index (Phi) is 9.16. The smallest absolute Gasteiger partial charge is 0.0701 e. The fourth-order valence-electron chi connectivity index (χ4n) is 0.548. The number of ether oxygens (including phenoxy) is 2. The molecule has 3 N–H and O–H groups in total. The van der Waals surface area contributed by atoms with Crippen LogP contribution >= 0.6 is 0 Å².